The Morgan fingerprint density at radius 1 is 1.37 bits per heavy atom. The number of urea groups is 1. The van der Waals surface area contributed by atoms with Crippen molar-refractivity contribution in [1.82, 2.24) is 25.7 Å². The molecule has 1 aliphatic heterocycles. The lowest BCUT2D eigenvalue weighted by molar-refractivity contribution is 0.236. The van der Waals surface area contributed by atoms with Crippen molar-refractivity contribution < 1.29 is 4.79 Å². The van der Waals surface area contributed by atoms with Gasteiger partial charge in [-0.2, -0.15) is 5.10 Å². The van der Waals surface area contributed by atoms with Crippen molar-refractivity contribution >= 4 is 18.4 Å². The molecule has 0 saturated carbocycles. The molecule has 19 heavy (non-hydrogen) atoms. The van der Waals surface area contributed by atoms with Gasteiger partial charge in [0.1, 0.15) is 0 Å². The topological polar surface area (TPSA) is 71.0 Å². The zero-order chi connectivity index (χ0) is 12.6. The Morgan fingerprint density at radius 2 is 2.16 bits per heavy atom. The lowest BCUT2D eigenvalue weighted by Gasteiger charge is -2.22. The van der Waals surface area contributed by atoms with E-state index < -0.39 is 0 Å². The molecule has 2 amide bonds. The van der Waals surface area contributed by atoms with E-state index in [0.717, 1.165) is 32.5 Å². The highest BCUT2D eigenvalue weighted by Gasteiger charge is 2.13. The van der Waals surface area contributed by atoms with Crippen LogP contribution >= 0.6 is 12.4 Å². The Morgan fingerprint density at radius 3 is 2.84 bits per heavy atom. The van der Waals surface area contributed by atoms with E-state index in [1.807, 2.05) is 12.3 Å². The Hall–Kier alpha value is -1.27. The lowest BCUT2D eigenvalue weighted by Crippen LogP contribution is -2.41. The van der Waals surface area contributed by atoms with Crippen molar-refractivity contribution in [2.45, 2.75) is 19.4 Å². The summed E-state index contributed by atoms with van der Waals surface area (Å²) in [5.74, 6) is 0.614. The highest BCUT2D eigenvalue weighted by Crippen LogP contribution is 2.09. The Kier molecular flexibility index (Phi) is 7.28. The standard InChI is InChI=1S/C12H21N5O.ClH/c18-12(14-7-9-17-8-1-4-16-17)15-10-11-2-5-13-6-3-11;/h1,4,8,11,13H,2-3,5-7,9-10H2,(H2,14,15,18);1H. The molecule has 1 aromatic rings. The van der Waals surface area contributed by atoms with Crippen LogP contribution in [0, 0.1) is 5.92 Å². The maximum Gasteiger partial charge on any atom is 0.314 e. The number of rotatable bonds is 5. The zero-order valence-electron chi connectivity index (χ0n) is 11.0. The predicted molar refractivity (Wildman–Crippen MR) is 76.5 cm³/mol. The molecule has 0 unspecified atom stereocenters. The number of amides is 2. The molecule has 1 aromatic heterocycles. The van der Waals surface area contributed by atoms with Gasteiger partial charge in [0.05, 0.1) is 6.54 Å². The van der Waals surface area contributed by atoms with E-state index in [9.17, 15) is 4.79 Å². The first kappa shape index (κ1) is 15.8. The summed E-state index contributed by atoms with van der Waals surface area (Å²) in [4.78, 5) is 11.5. The van der Waals surface area contributed by atoms with Crippen LogP contribution in [-0.4, -0.2) is 42.0 Å². The predicted octanol–water partition coefficient (Wildman–Crippen LogP) is 0.604. The minimum absolute atomic E-state index is 0. The second-order valence-corrected chi connectivity index (χ2v) is 4.60. The minimum Gasteiger partial charge on any atom is -0.338 e. The molecule has 2 rings (SSSR count). The number of nitrogens with zero attached hydrogens (tertiary/aromatic N) is 2. The fraction of sp³-hybridized carbons (Fsp3) is 0.667. The van der Waals surface area contributed by atoms with Gasteiger partial charge in [0.2, 0.25) is 0 Å². The van der Waals surface area contributed by atoms with Crippen LogP contribution in [0.3, 0.4) is 0 Å². The second-order valence-electron chi connectivity index (χ2n) is 4.60. The van der Waals surface area contributed by atoms with Gasteiger partial charge in [-0.05, 0) is 37.9 Å². The minimum atomic E-state index is -0.0827. The highest BCUT2D eigenvalue weighted by molar-refractivity contribution is 5.85. The molecule has 7 heteroatoms. The van der Waals surface area contributed by atoms with E-state index in [-0.39, 0.29) is 18.4 Å². The second kappa shape index (κ2) is 8.77. The molecule has 0 radical (unpaired) electrons. The average molecular weight is 288 g/mol. The maximum absolute atomic E-state index is 11.5. The number of aromatic nitrogens is 2. The quantitative estimate of drug-likeness (QED) is 0.743. The number of nitrogens with one attached hydrogen (secondary N) is 3. The number of carbonyl (C=O) groups excluding carboxylic acids is 1. The first-order valence-corrected chi connectivity index (χ1v) is 6.54. The fourth-order valence-corrected chi connectivity index (χ4v) is 2.10. The summed E-state index contributed by atoms with van der Waals surface area (Å²) in [5.41, 5.74) is 0. The molecule has 1 fully saturated rings. The summed E-state index contributed by atoms with van der Waals surface area (Å²) >= 11 is 0. The maximum atomic E-state index is 11.5. The number of piperidine rings is 1. The first-order chi connectivity index (χ1) is 8.84. The molecule has 6 nitrogen and oxygen atoms in total. The van der Waals surface area contributed by atoms with Crippen LogP contribution in [0.25, 0.3) is 0 Å². The fourth-order valence-electron chi connectivity index (χ4n) is 2.10. The van der Waals surface area contributed by atoms with Gasteiger partial charge in [-0.25, -0.2) is 4.79 Å². The average Bonchev–Trinajstić information content (AvgIpc) is 2.91. The van der Waals surface area contributed by atoms with Crippen molar-refractivity contribution in [2.24, 2.45) is 5.92 Å². The van der Waals surface area contributed by atoms with E-state index in [2.05, 4.69) is 21.0 Å². The van der Waals surface area contributed by atoms with Crippen molar-refractivity contribution in [1.29, 1.82) is 0 Å². The largest absolute Gasteiger partial charge is 0.338 e. The lowest BCUT2D eigenvalue weighted by atomic mass is 9.98. The van der Waals surface area contributed by atoms with Crippen molar-refractivity contribution in [3.8, 4) is 0 Å². The van der Waals surface area contributed by atoms with Crippen molar-refractivity contribution in [3.05, 3.63) is 18.5 Å². The number of carbonyl (C=O) groups is 1. The molecular weight excluding hydrogens is 266 g/mol. The smallest absolute Gasteiger partial charge is 0.314 e. The number of hydrogen-bond donors (Lipinski definition) is 3. The molecule has 0 atom stereocenters. The Labute approximate surface area is 119 Å². The van der Waals surface area contributed by atoms with E-state index in [1.54, 1.807) is 10.9 Å². The zero-order valence-corrected chi connectivity index (χ0v) is 11.8. The number of halogens is 1. The summed E-state index contributed by atoms with van der Waals surface area (Å²) in [6.07, 6.45) is 5.91. The third kappa shape index (κ3) is 5.94. The molecule has 3 N–H and O–H groups in total. The summed E-state index contributed by atoms with van der Waals surface area (Å²) in [6.45, 7) is 4.20. The third-order valence-corrected chi connectivity index (χ3v) is 3.20. The molecule has 1 saturated heterocycles. The molecule has 0 aromatic carbocycles. The van der Waals surface area contributed by atoms with E-state index >= 15 is 0 Å². The summed E-state index contributed by atoms with van der Waals surface area (Å²) in [6, 6.07) is 1.79. The molecular formula is C12H22ClN5O. The molecule has 1 aliphatic rings. The van der Waals surface area contributed by atoms with Gasteiger partial charge in [0.15, 0.2) is 0 Å². The number of hydrogen-bond acceptors (Lipinski definition) is 3. The van der Waals surface area contributed by atoms with E-state index in [1.165, 1.54) is 0 Å². The van der Waals surface area contributed by atoms with Gasteiger partial charge in [0.25, 0.3) is 0 Å². The van der Waals surface area contributed by atoms with E-state index in [0.29, 0.717) is 19.0 Å². The molecule has 0 aliphatic carbocycles. The summed E-state index contributed by atoms with van der Waals surface area (Å²) < 4.78 is 1.80. The van der Waals surface area contributed by atoms with Gasteiger partial charge >= 0.3 is 6.03 Å². The van der Waals surface area contributed by atoms with Crippen LogP contribution in [0.2, 0.25) is 0 Å². The van der Waals surface area contributed by atoms with Crippen molar-refractivity contribution in [2.75, 3.05) is 26.2 Å². The van der Waals surface area contributed by atoms with Gasteiger partial charge in [-0.3, -0.25) is 4.68 Å². The highest BCUT2D eigenvalue weighted by atomic mass is 35.5. The van der Waals surface area contributed by atoms with Crippen molar-refractivity contribution in [3.63, 3.8) is 0 Å². The molecule has 108 valence electrons. The van der Waals surface area contributed by atoms with Gasteiger partial charge in [-0.15, -0.1) is 12.4 Å². The molecule has 0 spiro atoms. The Bertz CT molecular complexity index is 351. The van der Waals surface area contributed by atoms with Crippen LogP contribution in [0.5, 0.6) is 0 Å². The normalized spacial score (nSPS) is 15.6. The van der Waals surface area contributed by atoms with Crippen LogP contribution in [-0.2, 0) is 6.54 Å². The Balaban J connectivity index is 0.00000180. The van der Waals surface area contributed by atoms with Gasteiger partial charge in [-0.1, -0.05) is 0 Å². The summed E-state index contributed by atoms with van der Waals surface area (Å²) in [5, 5.41) is 13.1. The monoisotopic (exact) mass is 287 g/mol. The van der Waals surface area contributed by atoms with Crippen LogP contribution in [0.4, 0.5) is 4.79 Å². The summed E-state index contributed by atoms with van der Waals surface area (Å²) in [7, 11) is 0. The third-order valence-electron chi connectivity index (χ3n) is 3.20. The van der Waals surface area contributed by atoms with Gasteiger partial charge in [0, 0.05) is 25.5 Å². The first-order valence-electron chi connectivity index (χ1n) is 6.54. The van der Waals surface area contributed by atoms with Gasteiger partial charge < -0.3 is 16.0 Å². The van der Waals surface area contributed by atoms with E-state index in [4.69, 9.17) is 0 Å². The van der Waals surface area contributed by atoms with Crippen LogP contribution in [0.1, 0.15) is 12.8 Å². The molecule has 2 heterocycles. The van der Waals surface area contributed by atoms with Crippen LogP contribution < -0.4 is 16.0 Å². The van der Waals surface area contributed by atoms with Crippen LogP contribution in [0.15, 0.2) is 18.5 Å². The molecule has 0 bridgehead atoms. The SMILES string of the molecule is Cl.O=C(NCCn1cccn1)NCC1CCNCC1.